The van der Waals surface area contributed by atoms with Crippen LogP contribution >= 0.6 is 11.3 Å². The van der Waals surface area contributed by atoms with Gasteiger partial charge in [-0.25, -0.2) is 13.9 Å². The highest BCUT2D eigenvalue weighted by Gasteiger charge is 2.24. The van der Waals surface area contributed by atoms with Gasteiger partial charge in [0.25, 0.3) is 5.56 Å². The van der Waals surface area contributed by atoms with Crippen molar-refractivity contribution in [2.45, 2.75) is 26.1 Å². The standard InChI is InChI=1S/C23H19N5O4S/c29-19(25-9-7-15-4-1-2-5-16(15)12-25)14-27-23(31)28-18-8-11-33-20(18)21(30)26(22(28)24-27)13-17-6-3-10-32-17/h1-6,8,10-11H,7,9,12-14H2. The molecule has 0 aliphatic carbocycles. The van der Waals surface area contributed by atoms with E-state index in [0.29, 0.717) is 29.1 Å². The Kier molecular flexibility index (Phi) is 4.54. The van der Waals surface area contributed by atoms with Crippen LogP contribution in [0.25, 0.3) is 16.0 Å². The van der Waals surface area contributed by atoms with E-state index in [1.807, 2.05) is 18.2 Å². The molecular weight excluding hydrogens is 442 g/mol. The van der Waals surface area contributed by atoms with Crippen LogP contribution in [0.3, 0.4) is 0 Å². The van der Waals surface area contributed by atoms with E-state index in [1.54, 1.807) is 28.5 Å². The fourth-order valence-electron chi connectivity index (χ4n) is 4.37. The number of nitrogens with zero attached hydrogens (tertiary/aromatic N) is 5. The molecular formula is C23H19N5O4S. The summed E-state index contributed by atoms with van der Waals surface area (Å²) in [5.41, 5.74) is 2.15. The minimum Gasteiger partial charge on any atom is -0.467 e. The summed E-state index contributed by atoms with van der Waals surface area (Å²) < 4.78 is 9.82. The maximum absolute atomic E-state index is 13.3. The second-order valence-corrected chi connectivity index (χ2v) is 8.93. The van der Waals surface area contributed by atoms with Gasteiger partial charge in [-0.2, -0.15) is 0 Å². The van der Waals surface area contributed by atoms with E-state index < -0.39 is 5.69 Å². The van der Waals surface area contributed by atoms with Crippen LogP contribution in [0.15, 0.2) is 68.1 Å². The van der Waals surface area contributed by atoms with E-state index in [-0.39, 0.29) is 30.3 Å². The number of carbonyl (C=O) groups is 1. The molecule has 0 fully saturated rings. The number of hydrogen-bond acceptors (Lipinski definition) is 6. The molecule has 6 rings (SSSR count). The molecule has 0 radical (unpaired) electrons. The quantitative estimate of drug-likeness (QED) is 0.409. The minimum atomic E-state index is -0.452. The summed E-state index contributed by atoms with van der Waals surface area (Å²) in [6, 6.07) is 13.3. The Morgan fingerprint density at radius 3 is 2.76 bits per heavy atom. The number of amides is 1. The Morgan fingerprint density at radius 1 is 1.09 bits per heavy atom. The molecule has 1 aromatic carbocycles. The highest BCUT2D eigenvalue weighted by atomic mass is 32.1. The van der Waals surface area contributed by atoms with Crippen molar-refractivity contribution >= 4 is 33.2 Å². The molecule has 1 aliphatic rings. The highest BCUT2D eigenvalue weighted by Crippen LogP contribution is 2.20. The van der Waals surface area contributed by atoms with Crippen molar-refractivity contribution in [3.05, 3.63) is 91.8 Å². The molecule has 10 heteroatoms. The Hall–Kier alpha value is -3.92. The number of aromatic nitrogens is 4. The normalized spacial score (nSPS) is 13.6. The summed E-state index contributed by atoms with van der Waals surface area (Å²) >= 11 is 1.27. The van der Waals surface area contributed by atoms with Crippen molar-refractivity contribution in [1.29, 1.82) is 0 Å². The van der Waals surface area contributed by atoms with Gasteiger partial charge in [0.1, 0.15) is 17.0 Å². The van der Waals surface area contributed by atoms with Crippen molar-refractivity contribution in [1.82, 2.24) is 23.6 Å². The van der Waals surface area contributed by atoms with E-state index in [1.165, 1.54) is 32.1 Å². The molecule has 5 aromatic rings. The first-order valence-corrected chi connectivity index (χ1v) is 11.4. The van der Waals surface area contributed by atoms with Crippen LogP contribution in [0.1, 0.15) is 16.9 Å². The molecule has 4 aromatic heterocycles. The summed E-state index contributed by atoms with van der Waals surface area (Å²) in [6.07, 6.45) is 2.31. The molecule has 0 saturated carbocycles. The van der Waals surface area contributed by atoms with Gasteiger partial charge >= 0.3 is 5.69 Å². The summed E-state index contributed by atoms with van der Waals surface area (Å²) in [7, 11) is 0. The van der Waals surface area contributed by atoms with Crippen LogP contribution in [0.4, 0.5) is 0 Å². The number of carbonyl (C=O) groups excluding carboxylic acids is 1. The molecule has 0 bridgehead atoms. The second-order valence-electron chi connectivity index (χ2n) is 8.02. The second kappa shape index (κ2) is 7.59. The molecule has 0 N–H and O–H groups in total. The van der Waals surface area contributed by atoms with Crippen molar-refractivity contribution in [3.63, 3.8) is 0 Å². The SMILES string of the molecule is O=C(Cn1nc2n(Cc3ccco3)c(=O)c3sccc3n2c1=O)N1CCc2ccccc2C1. The van der Waals surface area contributed by atoms with Crippen molar-refractivity contribution in [2.24, 2.45) is 0 Å². The van der Waals surface area contributed by atoms with Crippen LogP contribution in [0, 0.1) is 0 Å². The fourth-order valence-corrected chi connectivity index (χ4v) is 5.20. The van der Waals surface area contributed by atoms with E-state index in [2.05, 4.69) is 11.2 Å². The van der Waals surface area contributed by atoms with E-state index in [4.69, 9.17) is 4.42 Å². The van der Waals surface area contributed by atoms with Crippen LogP contribution < -0.4 is 11.2 Å². The van der Waals surface area contributed by atoms with Gasteiger partial charge in [0.05, 0.1) is 18.3 Å². The first kappa shape index (κ1) is 19.7. The molecule has 166 valence electrons. The summed E-state index contributed by atoms with van der Waals surface area (Å²) in [5.74, 6) is 0.570. The highest BCUT2D eigenvalue weighted by molar-refractivity contribution is 7.17. The van der Waals surface area contributed by atoms with Crippen molar-refractivity contribution in [2.75, 3.05) is 6.54 Å². The molecule has 1 aliphatic heterocycles. The third-order valence-electron chi connectivity index (χ3n) is 6.05. The third-order valence-corrected chi connectivity index (χ3v) is 6.94. The molecule has 9 nitrogen and oxygen atoms in total. The number of thiophene rings is 1. The monoisotopic (exact) mass is 461 g/mol. The number of fused-ring (bicyclic) bond motifs is 4. The van der Waals surface area contributed by atoms with Crippen LogP contribution in [-0.2, 0) is 30.8 Å². The first-order valence-electron chi connectivity index (χ1n) is 10.6. The minimum absolute atomic E-state index is 0.135. The average Bonchev–Trinajstić information content (AvgIpc) is 3.58. The van der Waals surface area contributed by atoms with Crippen LogP contribution in [0.2, 0.25) is 0 Å². The predicted octanol–water partition coefficient (Wildman–Crippen LogP) is 2.10. The zero-order valence-corrected chi connectivity index (χ0v) is 18.3. The molecule has 0 spiro atoms. The first-order chi connectivity index (χ1) is 16.1. The lowest BCUT2D eigenvalue weighted by Crippen LogP contribution is -2.39. The Morgan fingerprint density at radius 2 is 1.94 bits per heavy atom. The van der Waals surface area contributed by atoms with Crippen LogP contribution in [0.5, 0.6) is 0 Å². The van der Waals surface area contributed by atoms with Gasteiger partial charge < -0.3 is 9.32 Å². The lowest BCUT2D eigenvalue weighted by Gasteiger charge is -2.28. The smallest absolute Gasteiger partial charge is 0.352 e. The molecule has 5 heterocycles. The molecule has 1 amide bonds. The largest absolute Gasteiger partial charge is 0.467 e. The topological polar surface area (TPSA) is 94.7 Å². The van der Waals surface area contributed by atoms with Gasteiger partial charge in [-0.1, -0.05) is 24.3 Å². The Bertz CT molecular complexity index is 1620. The number of hydrogen-bond donors (Lipinski definition) is 0. The van der Waals surface area contributed by atoms with Gasteiger partial charge in [-0.15, -0.1) is 16.4 Å². The Balaban J connectivity index is 1.40. The fraction of sp³-hybridized carbons (Fsp3) is 0.217. The van der Waals surface area contributed by atoms with Gasteiger partial charge in [-0.3, -0.25) is 14.2 Å². The maximum Gasteiger partial charge on any atom is 0.352 e. The molecule has 33 heavy (non-hydrogen) atoms. The number of rotatable bonds is 4. The van der Waals surface area contributed by atoms with Gasteiger partial charge in [0.2, 0.25) is 11.7 Å². The third kappa shape index (κ3) is 3.21. The molecule has 0 unspecified atom stereocenters. The zero-order valence-electron chi connectivity index (χ0n) is 17.5. The summed E-state index contributed by atoms with van der Waals surface area (Å²) in [6.45, 7) is 1.05. The Labute approximate surface area is 190 Å². The summed E-state index contributed by atoms with van der Waals surface area (Å²) in [5, 5.41) is 6.17. The predicted molar refractivity (Wildman–Crippen MR) is 122 cm³/mol. The lowest BCUT2D eigenvalue weighted by molar-refractivity contribution is -0.133. The van der Waals surface area contributed by atoms with E-state index >= 15 is 0 Å². The van der Waals surface area contributed by atoms with Gasteiger partial charge in [0, 0.05) is 13.1 Å². The maximum atomic E-state index is 13.3. The van der Waals surface area contributed by atoms with E-state index in [9.17, 15) is 14.4 Å². The van der Waals surface area contributed by atoms with Crippen LogP contribution in [-0.4, -0.2) is 36.1 Å². The average molecular weight is 462 g/mol. The number of furan rings is 1. The van der Waals surface area contributed by atoms with Crippen molar-refractivity contribution in [3.8, 4) is 0 Å². The van der Waals surface area contributed by atoms with E-state index in [0.717, 1.165) is 16.7 Å². The molecule has 0 saturated heterocycles. The number of benzene rings is 1. The van der Waals surface area contributed by atoms with Crippen molar-refractivity contribution < 1.29 is 9.21 Å². The zero-order chi connectivity index (χ0) is 22.5. The molecule has 0 atom stereocenters. The van der Waals surface area contributed by atoms with Gasteiger partial charge in [-0.05, 0) is 41.1 Å². The van der Waals surface area contributed by atoms with Gasteiger partial charge in [0.15, 0.2) is 0 Å². The lowest BCUT2D eigenvalue weighted by atomic mass is 10.00. The summed E-state index contributed by atoms with van der Waals surface area (Å²) in [4.78, 5) is 41.2.